The smallest absolute Gasteiger partial charge is 0.224 e. The van der Waals surface area contributed by atoms with E-state index in [0.29, 0.717) is 11.8 Å². The van der Waals surface area contributed by atoms with E-state index in [1.807, 2.05) is 39.0 Å². The van der Waals surface area contributed by atoms with Gasteiger partial charge in [0.15, 0.2) is 0 Å². The molecule has 0 amide bonds. The summed E-state index contributed by atoms with van der Waals surface area (Å²) in [5.41, 5.74) is 5.33. The quantitative estimate of drug-likeness (QED) is 0.747. The Morgan fingerprint density at radius 1 is 1.11 bits per heavy atom. The molecule has 19 heavy (non-hydrogen) atoms. The van der Waals surface area contributed by atoms with Crippen LogP contribution in [0.1, 0.15) is 27.9 Å². The van der Waals surface area contributed by atoms with Gasteiger partial charge in [-0.25, -0.2) is 4.98 Å². The summed E-state index contributed by atoms with van der Waals surface area (Å²) in [7, 11) is 0. The molecule has 2 rings (SSSR count). The van der Waals surface area contributed by atoms with E-state index in [-0.39, 0.29) is 0 Å². The first-order valence-electron chi connectivity index (χ1n) is 6.30. The van der Waals surface area contributed by atoms with Crippen LogP contribution in [-0.2, 0) is 5.88 Å². The van der Waals surface area contributed by atoms with Gasteiger partial charge in [0.25, 0.3) is 0 Å². The van der Waals surface area contributed by atoms with E-state index in [0.717, 1.165) is 28.1 Å². The Kier molecular flexibility index (Phi) is 4.11. The van der Waals surface area contributed by atoms with Crippen molar-refractivity contribution in [3.8, 4) is 11.6 Å². The molecule has 0 radical (unpaired) electrons. The third-order valence-electron chi connectivity index (χ3n) is 3.33. The maximum Gasteiger partial charge on any atom is 0.224 e. The fraction of sp³-hybridized carbons (Fsp3) is 0.312. The van der Waals surface area contributed by atoms with Gasteiger partial charge in [0.1, 0.15) is 5.75 Å². The van der Waals surface area contributed by atoms with Gasteiger partial charge in [-0.15, -0.1) is 11.6 Å². The second-order valence-electron chi connectivity index (χ2n) is 4.80. The normalized spacial score (nSPS) is 10.6. The summed E-state index contributed by atoms with van der Waals surface area (Å²) in [6.07, 6.45) is 0. The molecule has 0 saturated heterocycles. The van der Waals surface area contributed by atoms with E-state index < -0.39 is 0 Å². The summed E-state index contributed by atoms with van der Waals surface area (Å²) in [4.78, 5) is 4.46. The fourth-order valence-electron chi connectivity index (χ4n) is 2.01. The molecule has 0 aliphatic heterocycles. The Hall–Kier alpha value is -1.54. The van der Waals surface area contributed by atoms with Crippen molar-refractivity contribution < 1.29 is 4.74 Å². The third-order valence-corrected chi connectivity index (χ3v) is 3.60. The van der Waals surface area contributed by atoms with Crippen molar-refractivity contribution in [3.63, 3.8) is 0 Å². The average Bonchev–Trinajstić information content (AvgIpc) is 2.34. The van der Waals surface area contributed by atoms with E-state index in [1.165, 1.54) is 5.56 Å². The van der Waals surface area contributed by atoms with Gasteiger partial charge >= 0.3 is 0 Å². The molecule has 0 spiro atoms. The summed E-state index contributed by atoms with van der Waals surface area (Å²) in [5.74, 6) is 1.85. The average molecular weight is 276 g/mol. The Morgan fingerprint density at radius 3 is 2.53 bits per heavy atom. The fourth-order valence-corrected chi connectivity index (χ4v) is 2.34. The summed E-state index contributed by atoms with van der Waals surface area (Å²) in [6, 6.07) is 8.04. The third kappa shape index (κ3) is 2.90. The van der Waals surface area contributed by atoms with Crippen molar-refractivity contribution in [2.75, 3.05) is 0 Å². The highest BCUT2D eigenvalue weighted by molar-refractivity contribution is 6.17. The molecule has 0 aliphatic carbocycles. The molecule has 0 fully saturated rings. The zero-order valence-electron chi connectivity index (χ0n) is 11.7. The number of halogens is 1. The number of nitrogens with zero attached hydrogens (tertiary/aromatic N) is 1. The van der Waals surface area contributed by atoms with E-state index in [9.17, 15) is 0 Å². The van der Waals surface area contributed by atoms with E-state index in [4.69, 9.17) is 16.3 Å². The number of pyridine rings is 1. The number of ether oxygens (including phenoxy) is 1. The largest absolute Gasteiger partial charge is 0.438 e. The highest BCUT2D eigenvalue weighted by atomic mass is 35.5. The van der Waals surface area contributed by atoms with Crippen LogP contribution >= 0.6 is 11.6 Å². The molecule has 2 nitrogen and oxygen atoms in total. The number of hydrogen-bond acceptors (Lipinski definition) is 2. The highest BCUT2D eigenvalue weighted by Gasteiger charge is 2.12. The molecule has 0 bridgehead atoms. The predicted molar refractivity (Wildman–Crippen MR) is 79.3 cm³/mol. The second kappa shape index (κ2) is 5.62. The molecular weight excluding hydrogens is 258 g/mol. The van der Waals surface area contributed by atoms with Crippen LogP contribution < -0.4 is 4.74 Å². The zero-order chi connectivity index (χ0) is 14.0. The first kappa shape index (κ1) is 13.9. The topological polar surface area (TPSA) is 22.1 Å². The zero-order valence-corrected chi connectivity index (χ0v) is 12.5. The number of hydrogen-bond donors (Lipinski definition) is 0. The van der Waals surface area contributed by atoms with Gasteiger partial charge in [-0.3, -0.25) is 0 Å². The lowest BCUT2D eigenvalue weighted by Crippen LogP contribution is -1.99. The molecule has 0 N–H and O–H groups in total. The van der Waals surface area contributed by atoms with Crippen LogP contribution in [0.5, 0.6) is 11.6 Å². The molecule has 3 heteroatoms. The molecule has 1 aromatic heterocycles. The Bertz CT molecular complexity index is 608. The molecule has 0 saturated carbocycles. The molecule has 0 unspecified atom stereocenters. The minimum Gasteiger partial charge on any atom is -0.438 e. The van der Waals surface area contributed by atoms with Crippen LogP contribution in [0, 0.1) is 27.7 Å². The van der Waals surface area contributed by atoms with E-state index in [1.54, 1.807) is 0 Å². The van der Waals surface area contributed by atoms with Gasteiger partial charge in [-0.05, 0) is 56.5 Å². The van der Waals surface area contributed by atoms with Crippen LogP contribution in [0.3, 0.4) is 0 Å². The van der Waals surface area contributed by atoms with E-state index in [2.05, 4.69) is 18.0 Å². The van der Waals surface area contributed by atoms with Crippen molar-refractivity contribution >= 4 is 11.6 Å². The van der Waals surface area contributed by atoms with Crippen LogP contribution in [-0.4, -0.2) is 4.98 Å². The van der Waals surface area contributed by atoms with Crippen molar-refractivity contribution in [3.05, 3.63) is 52.2 Å². The van der Waals surface area contributed by atoms with Crippen LogP contribution in [0.4, 0.5) is 0 Å². The van der Waals surface area contributed by atoms with Gasteiger partial charge in [-0.2, -0.15) is 0 Å². The molecule has 1 aromatic carbocycles. The second-order valence-corrected chi connectivity index (χ2v) is 5.07. The standard InChI is InChI=1S/C16H18ClNO/c1-10-6-5-7-15(13(10)4)19-16-14(9-17)11(2)8-12(3)18-16/h5-8H,9H2,1-4H3. The first-order chi connectivity index (χ1) is 9.02. The molecule has 2 aromatic rings. The minimum atomic E-state index is 0.402. The van der Waals surface area contributed by atoms with Crippen molar-refractivity contribution in [1.82, 2.24) is 4.98 Å². The molecule has 0 aliphatic rings. The highest BCUT2D eigenvalue weighted by Crippen LogP contribution is 2.30. The minimum absolute atomic E-state index is 0.402. The summed E-state index contributed by atoms with van der Waals surface area (Å²) >= 11 is 6.01. The lowest BCUT2D eigenvalue weighted by Gasteiger charge is -2.14. The van der Waals surface area contributed by atoms with Gasteiger partial charge in [-0.1, -0.05) is 12.1 Å². The lowest BCUT2D eigenvalue weighted by molar-refractivity contribution is 0.452. The van der Waals surface area contributed by atoms with Crippen molar-refractivity contribution in [2.24, 2.45) is 0 Å². The monoisotopic (exact) mass is 275 g/mol. The molecular formula is C16H18ClNO. The van der Waals surface area contributed by atoms with Crippen LogP contribution in [0.15, 0.2) is 24.3 Å². The summed E-state index contributed by atoms with van der Waals surface area (Å²) in [5, 5.41) is 0. The molecule has 100 valence electrons. The Balaban J connectivity index is 2.46. The number of rotatable bonds is 3. The number of aromatic nitrogens is 1. The van der Waals surface area contributed by atoms with E-state index >= 15 is 0 Å². The van der Waals surface area contributed by atoms with Crippen LogP contribution in [0.25, 0.3) is 0 Å². The maximum atomic E-state index is 6.01. The summed E-state index contributed by atoms with van der Waals surface area (Å²) in [6.45, 7) is 8.11. The van der Waals surface area contributed by atoms with Crippen molar-refractivity contribution in [1.29, 1.82) is 0 Å². The first-order valence-corrected chi connectivity index (χ1v) is 6.83. The lowest BCUT2D eigenvalue weighted by atomic mass is 10.1. The number of aryl methyl sites for hydroxylation is 3. The van der Waals surface area contributed by atoms with Gasteiger partial charge in [0.2, 0.25) is 5.88 Å². The number of benzene rings is 1. The maximum absolute atomic E-state index is 6.01. The van der Waals surface area contributed by atoms with Gasteiger partial charge in [0.05, 0.1) is 5.88 Å². The Morgan fingerprint density at radius 2 is 1.84 bits per heavy atom. The SMILES string of the molecule is Cc1cc(C)c(CCl)c(Oc2cccc(C)c2C)n1. The molecule has 1 heterocycles. The van der Waals surface area contributed by atoms with Gasteiger partial charge in [0, 0.05) is 11.3 Å². The van der Waals surface area contributed by atoms with Crippen molar-refractivity contribution in [2.45, 2.75) is 33.6 Å². The Labute approximate surface area is 119 Å². The van der Waals surface area contributed by atoms with Gasteiger partial charge < -0.3 is 4.74 Å². The predicted octanol–water partition coefficient (Wildman–Crippen LogP) is 4.85. The van der Waals surface area contributed by atoms with Crippen LogP contribution in [0.2, 0.25) is 0 Å². The molecule has 0 atom stereocenters. The number of alkyl halides is 1. The summed E-state index contributed by atoms with van der Waals surface area (Å²) < 4.78 is 5.98.